The first-order chi connectivity index (χ1) is 14.0. The first-order valence-electron chi connectivity index (χ1n) is 9.12. The molecule has 0 saturated carbocycles. The van der Waals surface area contributed by atoms with Gasteiger partial charge in [-0.15, -0.1) is 0 Å². The topological polar surface area (TPSA) is 132 Å². The van der Waals surface area contributed by atoms with Crippen LogP contribution in [0.2, 0.25) is 0 Å². The summed E-state index contributed by atoms with van der Waals surface area (Å²) in [6.45, 7) is 2.22. The van der Waals surface area contributed by atoms with Crippen molar-refractivity contribution in [3.05, 3.63) is 58.3 Å². The highest BCUT2D eigenvalue weighted by atomic mass is 32.2. The van der Waals surface area contributed by atoms with E-state index in [9.17, 15) is 9.18 Å². The number of hydrogen-bond donors (Lipinski definition) is 0. The highest BCUT2D eigenvalue weighted by Crippen LogP contribution is 2.33. The molecule has 1 atom stereocenters. The summed E-state index contributed by atoms with van der Waals surface area (Å²) in [4.78, 5) is 13.2. The number of nitrogens with zero attached hydrogens (tertiary/aromatic N) is 3. The van der Waals surface area contributed by atoms with Crippen LogP contribution in [0.25, 0.3) is 11.0 Å². The first kappa shape index (κ1) is 26.0. The highest BCUT2D eigenvalue weighted by molar-refractivity contribution is 7.98. The molecule has 0 spiro atoms. The lowest BCUT2D eigenvalue weighted by Gasteiger charge is -2.20. The molecule has 31 heavy (non-hydrogen) atoms. The van der Waals surface area contributed by atoms with Gasteiger partial charge in [0.2, 0.25) is 0 Å². The molecule has 0 amide bonds. The van der Waals surface area contributed by atoms with Crippen LogP contribution in [0.5, 0.6) is 11.5 Å². The number of fused-ring (bicyclic) bond motifs is 1. The molecule has 3 aromatic rings. The molecular weight excluding hydrogens is 425 g/mol. The van der Waals surface area contributed by atoms with Gasteiger partial charge in [-0.2, -0.15) is 17.0 Å². The summed E-state index contributed by atoms with van der Waals surface area (Å²) >= 11 is 1.59. The Hall–Kier alpha value is -3.00. The number of rotatable bonds is 8. The lowest BCUT2D eigenvalue weighted by atomic mass is 10.1. The van der Waals surface area contributed by atoms with Gasteiger partial charge < -0.3 is 20.4 Å². The van der Waals surface area contributed by atoms with Crippen LogP contribution in [0, 0.1) is 17.1 Å². The van der Waals surface area contributed by atoms with E-state index < -0.39 is 5.82 Å². The molecule has 0 aliphatic rings. The fourth-order valence-electron chi connectivity index (χ4n) is 3.42. The average Bonchev–Trinajstić information content (AvgIpc) is 2.98. The maximum atomic E-state index is 13.8. The molecule has 0 bridgehead atoms. The minimum Gasteiger partial charge on any atom is -0.493 e. The van der Waals surface area contributed by atoms with Gasteiger partial charge in [0, 0.05) is 5.75 Å². The summed E-state index contributed by atoms with van der Waals surface area (Å²) in [7, 11) is 1.57. The number of ether oxygens (including phenoxy) is 2. The zero-order valence-corrected chi connectivity index (χ0v) is 18.3. The molecule has 0 saturated heterocycles. The zero-order valence-electron chi connectivity index (χ0n) is 17.5. The van der Waals surface area contributed by atoms with Gasteiger partial charge in [-0.05, 0) is 49.1 Å². The molecular formula is C21H26FN3O5S. The molecule has 4 N–H and O–H groups in total. The molecule has 2 aromatic carbocycles. The SMILES string of the molecule is CCOc1cc(C(CSC)n2c(=O)n(CC#N)c3cc(F)ccc32)ccc1OC.O.O. The van der Waals surface area contributed by atoms with Gasteiger partial charge in [0.15, 0.2) is 11.5 Å². The fourth-order valence-corrected chi connectivity index (χ4v) is 4.08. The molecule has 10 heteroatoms. The van der Waals surface area contributed by atoms with Crippen molar-refractivity contribution >= 4 is 22.8 Å². The summed E-state index contributed by atoms with van der Waals surface area (Å²) in [6, 6.07) is 11.4. The minimum absolute atomic E-state index is 0. The predicted molar refractivity (Wildman–Crippen MR) is 120 cm³/mol. The second-order valence-electron chi connectivity index (χ2n) is 6.34. The van der Waals surface area contributed by atoms with E-state index in [1.807, 2.05) is 37.4 Å². The third kappa shape index (κ3) is 5.02. The smallest absolute Gasteiger partial charge is 0.330 e. The van der Waals surface area contributed by atoms with Crippen LogP contribution < -0.4 is 15.2 Å². The molecule has 1 aromatic heterocycles. The van der Waals surface area contributed by atoms with Gasteiger partial charge in [0.1, 0.15) is 12.4 Å². The summed E-state index contributed by atoms with van der Waals surface area (Å²) in [5.41, 5.74) is 1.51. The first-order valence-corrected chi connectivity index (χ1v) is 10.5. The van der Waals surface area contributed by atoms with E-state index in [1.54, 1.807) is 29.5 Å². The standard InChI is InChI=1S/C21H22FN3O3S.2H2O/c1-4-28-20-11-14(5-8-19(20)27-2)18(13-29-3)25-16-7-6-15(22)12-17(16)24(10-9-23)21(25)26;;/h5-8,11-12,18H,4,10,13H2,1-3H3;2*1H2. The normalized spacial score (nSPS) is 11.2. The van der Waals surface area contributed by atoms with E-state index in [0.29, 0.717) is 34.9 Å². The van der Waals surface area contributed by atoms with Crippen molar-refractivity contribution in [2.24, 2.45) is 0 Å². The Morgan fingerprint density at radius 2 is 1.90 bits per heavy atom. The molecule has 8 nitrogen and oxygen atoms in total. The number of benzene rings is 2. The summed E-state index contributed by atoms with van der Waals surface area (Å²) in [5, 5.41) is 9.15. The summed E-state index contributed by atoms with van der Waals surface area (Å²) in [6.07, 6.45) is 1.96. The third-order valence-corrected chi connectivity index (χ3v) is 5.31. The van der Waals surface area contributed by atoms with Gasteiger partial charge in [0.05, 0.1) is 36.9 Å². The number of halogens is 1. The predicted octanol–water partition coefficient (Wildman–Crippen LogP) is 2.18. The van der Waals surface area contributed by atoms with Crippen LogP contribution in [0.1, 0.15) is 18.5 Å². The number of hydrogen-bond acceptors (Lipinski definition) is 5. The Kier molecular flexibility index (Phi) is 9.58. The Balaban J connectivity index is 0.00000240. The maximum Gasteiger partial charge on any atom is 0.330 e. The third-order valence-electron chi connectivity index (χ3n) is 4.66. The molecule has 0 aliphatic carbocycles. The monoisotopic (exact) mass is 451 g/mol. The Labute approximate surface area is 183 Å². The zero-order chi connectivity index (χ0) is 21.0. The van der Waals surface area contributed by atoms with Crippen LogP contribution in [0.4, 0.5) is 4.39 Å². The average molecular weight is 452 g/mol. The Morgan fingerprint density at radius 3 is 2.52 bits per heavy atom. The van der Waals surface area contributed by atoms with E-state index in [4.69, 9.17) is 14.7 Å². The van der Waals surface area contributed by atoms with Crippen molar-refractivity contribution in [3.63, 3.8) is 0 Å². The highest BCUT2D eigenvalue weighted by Gasteiger charge is 2.23. The molecule has 0 radical (unpaired) electrons. The Morgan fingerprint density at radius 1 is 1.16 bits per heavy atom. The molecule has 168 valence electrons. The van der Waals surface area contributed by atoms with Crippen molar-refractivity contribution in [1.82, 2.24) is 9.13 Å². The summed E-state index contributed by atoms with van der Waals surface area (Å²) in [5.74, 6) is 1.37. The molecule has 0 aliphatic heterocycles. The fraction of sp³-hybridized carbons (Fsp3) is 0.333. The number of aromatic nitrogens is 2. The van der Waals surface area contributed by atoms with E-state index >= 15 is 0 Å². The quantitative estimate of drug-likeness (QED) is 0.518. The molecule has 1 unspecified atom stereocenters. The number of nitriles is 1. The van der Waals surface area contributed by atoms with Gasteiger partial charge >= 0.3 is 5.69 Å². The largest absolute Gasteiger partial charge is 0.493 e. The molecule has 1 heterocycles. The van der Waals surface area contributed by atoms with Gasteiger partial charge in [0.25, 0.3) is 0 Å². The number of methoxy groups -OCH3 is 1. The number of imidazole rings is 1. The molecule has 0 fully saturated rings. The van der Waals surface area contributed by atoms with Crippen molar-refractivity contribution in [3.8, 4) is 17.6 Å². The van der Waals surface area contributed by atoms with Crippen molar-refractivity contribution in [2.75, 3.05) is 25.7 Å². The van der Waals surface area contributed by atoms with E-state index in [1.165, 1.54) is 16.7 Å². The lowest BCUT2D eigenvalue weighted by Crippen LogP contribution is -2.29. The van der Waals surface area contributed by atoms with E-state index in [-0.39, 0.29) is 29.2 Å². The summed E-state index contributed by atoms with van der Waals surface area (Å²) < 4.78 is 27.8. The van der Waals surface area contributed by atoms with Crippen molar-refractivity contribution in [1.29, 1.82) is 5.26 Å². The van der Waals surface area contributed by atoms with Gasteiger partial charge in [-0.1, -0.05) is 6.07 Å². The van der Waals surface area contributed by atoms with Crippen LogP contribution in [-0.2, 0) is 6.54 Å². The Bertz CT molecular complexity index is 1120. The van der Waals surface area contributed by atoms with E-state index in [2.05, 4.69) is 0 Å². The van der Waals surface area contributed by atoms with Crippen molar-refractivity contribution in [2.45, 2.75) is 19.5 Å². The van der Waals surface area contributed by atoms with Gasteiger partial charge in [-0.3, -0.25) is 9.13 Å². The second kappa shape index (κ2) is 11.4. The van der Waals surface area contributed by atoms with Crippen molar-refractivity contribution < 1.29 is 24.8 Å². The van der Waals surface area contributed by atoms with Gasteiger partial charge in [-0.25, -0.2) is 9.18 Å². The van der Waals surface area contributed by atoms with E-state index in [0.717, 1.165) is 5.56 Å². The van der Waals surface area contributed by atoms with Crippen LogP contribution in [0.15, 0.2) is 41.2 Å². The van der Waals surface area contributed by atoms with Crippen LogP contribution in [-0.4, -0.2) is 45.8 Å². The molecule has 3 rings (SSSR count). The van der Waals surface area contributed by atoms with Crippen LogP contribution >= 0.6 is 11.8 Å². The second-order valence-corrected chi connectivity index (χ2v) is 7.26. The maximum absolute atomic E-state index is 13.8. The lowest BCUT2D eigenvalue weighted by molar-refractivity contribution is 0.310. The van der Waals surface area contributed by atoms with Crippen LogP contribution in [0.3, 0.4) is 0 Å². The minimum atomic E-state index is -0.453. The number of thioether (sulfide) groups is 1.